The van der Waals surface area contributed by atoms with Crippen molar-refractivity contribution in [3.8, 4) is 0 Å². The van der Waals surface area contributed by atoms with Gasteiger partial charge in [0, 0.05) is 23.4 Å². The molecule has 7 atom stereocenters. The maximum atomic E-state index is 10.0. The quantitative estimate of drug-likeness (QED) is 0.151. The molecule has 8 heteroatoms. The number of fused-ring (bicyclic) bond motifs is 1. The second-order valence-corrected chi connectivity index (χ2v) is 6.61. The first-order valence-corrected chi connectivity index (χ1v) is 8.55. The number of hydrogen-bond donors (Lipinski definition) is 4. The van der Waals surface area contributed by atoms with Crippen molar-refractivity contribution in [1.82, 2.24) is 4.90 Å². The van der Waals surface area contributed by atoms with Crippen molar-refractivity contribution >= 4 is 0 Å². The van der Waals surface area contributed by atoms with Gasteiger partial charge in [0.2, 0.25) is 0 Å². The number of azide groups is 1. The summed E-state index contributed by atoms with van der Waals surface area (Å²) in [6.45, 7) is 1.22. The molecule has 0 spiro atoms. The Hall–Kier alpha value is -0.890. The lowest BCUT2D eigenvalue weighted by molar-refractivity contribution is -0.105. The molecule has 1 unspecified atom stereocenters. The first-order valence-electron chi connectivity index (χ1n) is 8.55. The fourth-order valence-corrected chi connectivity index (χ4v) is 3.82. The summed E-state index contributed by atoms with van der Waals surface area (Å²) in [5.74, 6) is -0.376. The van der Waals surface area contributed by atoms with Gasteiger partial charge >= 0.3 is 0 Å². The zero-order chi connectivity index (χ0) is 16.8. The molecule has 2 fully saturated rings. The van der Waals surface area contributed by atoms with Crippen LogP contribution in [0.3, 0.4) is 0 Å². The summed E-state index contributed by atoms with van der Waals surface area (Å²) >= 11 is 0. The molecule has 0 amide bonds. The summed E-state index contributed by atoms with van der Waals surface area (Å²) in [4.78, 5) is 4.81. The van der Waals surface area contributed by atoms with Crippen molar-refractivity contribution in [3.63, 3.8) is 0 Å². The highest BCUT2D eigenvalue weighted by Gasteiger charge is 2.63. The van der Waals surface area contributed by atoms with Crippen LogP contribution in [0.5, 0.6) is 0 Å². The van der Waals surface area contributed by atoms with Crippen LogP contribution >= 0.6 is 0 Å². The second-order valence-electron chi connectivity index (χ2n) is 6.61. The Bertz CT molecular complexity index is 418. The van der Waals surface area contributed by atoms with Crippen LogP contribution in [0.4, 0.5) is 0 Å². The van der Waals surface area contributed by atoms with Gasteiger partial charge in [-0.15, -0.1) is 0 Å². The van der Waals surface area contributed by atoms with Gasteiger partial charge in [0.1, 0.15) is 6.10 Å². The van der Waals surface area contributed by atoms with Gasteiger partial charge in [0.15, 0.2) is 0 Å². The molecule has 1 aliphatic heterocycles. The predicted octanol–water partition coefficient (Wildman–Crippen LogP) is 0.395. The number of aliphatic hydroxyl groups is 4. The van der Waals surface area contributed by atoms with Gasteiger partial charge in [0.05, 0.1) is 24.9 Å². The van der Waals surface area contributed by atoms with Crippen molar-refractivity contribution in [2.45, 2.75) is 68.9 Å². The minimum Gasteiger partial charge on any atom is -0.396 e. The van der Waals surface area contributed by atoms with Crippen LogP contribution in [-0.2, 0) is 0 Å². The van der Waals surface area contributed by atoms with E-state index in [-0.39, 0.29) is 24.6 Å². The van der Waals surface area contributed by atoms with E-state index in [4.69, 9.17) is 5.53 Å². The fourth-order valence-electron chi connectivity index (χ4n) is 3.82. The lowest BCUT2D eigenvalue weighted by Gasteiger charge is -2.32. The maximum absolute atomic E-state index is 10.0. The second kappa shape index (κ2) is 8.82. The molecule has 0 aromatic heterocycles. The van der Waals surface area contributed by atoms with Crippen LogP contribution < -0.4 is 0 Å². The lowest BCUT2D eigenvalue weighted by Crippen LogP contribution is -2.52. The van der Waals surface area contributed by atoms with Crippen molar-refractivity contribution in [1.29, 1.82) is 0 Å². The van der Waals surface area contributed by atoms with E-state index in [9.17, 15) is 20.4 Å². The first-order chi connectivity index (χ1) is 11.1. The third-order valence-electron chi connectivity index (χ3n) is 5.15. The van der Waals surface area contributed by atoms with Crippen LogP contribution in [0.15, 0.2) is 5.11 Å². The van der Waals surface area contributed by atoms with Gasteiger partial charge in [-0.1, -0.05) is 30.8 Å². The van der Waals surface area contributed by atoms with Crippen LogP contribution in [-0.4, -0.2) is 75.4 Å². The van der Waals surface area contributed by atoms with Crippen LogP contribution in [0.2, 0.25) is 0 Å². The Balaban J connectivity index is 1.61. The summed E-state index contributed by atoms with van der Waals surface area (Å²) < 4.78 is 0. The molecule has 23 heavy (non-hydrogen) atoms. The van der Waals surface area contributed by atoms with Crippen LogP contribution in [0, 0.1) is 5.92 Å². The molecule has 8 nitrogen and oxygen atoms in total. The fraction of sp³-hybridized carbons (Fsp3) is 1.00. The summed E-state index contributed by atoms with van der Waals surface area (Å²) in [6, 6.07) is -0.147. The average Bonchev–Trinajstić information content (AvgIpc) is 3.26. The minimum atomic E-state index is -1.17. The topological polar surface area (TPSA) is 133 Å². The number of aliphatic hydroxyl groups excluding tert-OH is 4. The van der Waals surface area contributed by atoms with Gasteiger partial charge in [0.25, 0.3) is 0 Å². The highest BCUT2D eigenvalue weighted by molar-refractivity contribution is 5.17. The van der Waals surface area contributed by atoms with Crippen molar-refractivity contribution in [2.24, 2.45) is 11.0 Å². The van der Waals surface area contributed by atoms with E-state index < -0.39 is 18.3 Å². The zero-order valence-electron chi connectivity index (χ0n) is 13.4. The number of hydrogen-bond acceptors (Lipinski definition) is 6. The molecular formula is C15H28N4O4. The Morgan fingerprint density at radius 3 is 2.17 bits per heavy atom. The molecule has 0 bridgehead atoms. The Morgan fingerprint density at radius 2 is 1.52 bits per heavy atom. The summed E-state index contributed by atoms with van der Waals surface area (Å²) in [6.07, 6.45) is 3.16. The summed E-state index contributed by atoms with van der Waals surface area (Å²) in [7, 11) is 0. The SMILES string of the molecule is [N-]=[N+]=NCCCCCCCCN1[C@@H]2[C@@H](O)[C@@H](O)[C@H](O)[C@@H](CO)[C@H]21. The third kappa shape index (κ3) is 4.35. The van der Waals surface area contributed by atoms with E-state index in [0.717, 1.165) is 45.1 Å². The number of nitrogens with zero attached hydrogens (tertiary/aromatic N) is 4. The molecule has 4 N–H and O–H groups in total. The lowest BCUT2D eigenvalue weighted by atomic mass is 9.83. The van der Waals surface area contributed by atoms with E-state index in [1.807, 2.05) is 0 Å². The average molecular weight is 328 g/mol. The molecule has 132 valence electrons. The van der Waals surface area contributed by atoms with Crippen LogP contribution in [0.1, 0.15) is 38.5 Å². The van der Waals surface area contributed by atoms with Crippen molar-refractivity contribution < 1.29 is 20.4 Å². The zero-order valence-corrected chi connectivity index (χ0v) is 13.4. The molecule has 2 rings (SSSR count). The van der Waals surface area contributed by atoms with E-state index in [1.165, 1.54) is 0 Å². The molecule has 1 saturated heterocycles. The van der Waals surface area contributed by atoms with Crippen molar-refractivity contribution in [3.05, 3.63) is 10.4 Å². The largest absolute Gasteiger partial charge is 0.396 e. The highest BCUT2D eigenvalue weighted by atomic mass is 16.4. The molecule has 1 heterocycles. The minimum absolute atomic E-state index is 0.0164. The third-order valence-corrected chi connectivity index (χ3v) is 5.15. The molecule has 1 saturated carbocycles. The van der Waals surface area contributed by atoms with Gasteiger partial charge < -0.3 is 20.4 Å². The molecular weight excluding hydrogens is 300 g/mol. The molecule has 0 aromatic carbocycles. The van der Waals surface area contributed by atoms with Crippen LogP contribution in [0.25, 0.3) is 10.4 Å². The smallest absolute Gasteiger partial charge is 0.108 e. The number of likely N-dealkylation sites (tertiary alicyclic amines) is 1. The maximum Gasteiger partial charge on any atom is 0.108 e. The van der Waals surface area contributed by atoms with E-state index in [2.05, 4.69) is 14.9 Å². The molecule has 1 aliphatic carbocycles. The molecule has 0 radical (unpaired) electrons. The number of rotatable bonds is 10. The Morgan fingerprint density at radius 1 is 0.870 bits per heavy atom. The monoisotopic (exact) mass is 328 g/mol. The number of unbranched alkanes of at least 4 members (excludes halogenated alkanes) is 5. The predicted molar refractivity (Wildman–Crippen MR) is 84.6 cm³/mol. The van der Waals surface area contributed by atoms with Gasteiger partial charge in [-0.05, 0) is 24.9 Å². The van der Waals surface area contributed by atoms with E-state index in [1.54, 1.807) is 0 Å². The molecule has 2 aliphatic rings. The standard InChI is InChI=1S/C15H28N4O4/c16-18-17-7-5-3-1-2-4-6-8-19-11-10(9-20)13(21)15(23)14(22)12(11)19/h10-15,20-23H,1-9H2/t10-,11+,12-,13+,14+,15-,19?/m0/s1. The Labute approximate surface area is 136 Å². The van der Waals surface area contributed by atoms with E-state index in [0.29, 0.717) is 6.54 Å². The summed E-state index contributed by atoms with van der Waals surface area (Å²) in [5, 5.41) is 42.7. The van der Waals surface area contributed by atoms with Gasteiger partial charge in [-0.25, -0.2) is 0 Å². The molecule has 0 aromatic rings. The van der Waals surface area contributed by atoms with Gasteiger partial charge in [-0.2, -0.15) is 0 Å². The summed E-state index contributed by atoms with van der Waals surface area (Å²) in [5.41, 5.74) is 8.16. The normalized spacial score (nSPS) is 38.7. The van der Waals surface area contributed by atoms with E-state index >= 15 is 0 Å². The first kappa shape index (κ1) is 18.4. The van der Waals surface area contributed by atoms with Gasteiger partial charge in [-0.3, -0.25) is 4.90 Å². The Kier molecular flexibility index (Phi) is 7.08. The van der Waals surface area contributed by atoms with Crippen molar-refractivity contribution in [2.75, 3.05) is 19.7 Å². The highest BCUT2D eigenvalue weighted by Crippen LogP contribution is 2.44.